The molecule has 0 N–H and O–H groups in total. The Kier molecular flexibility index (Phi) is 13.2. The average Bonchev–Trinajstić information content (AvgIpc) is 3.99. The first-order valence-electron chi connectivity index (χ1n) is 18.7. The van der Waals surface area contributed by atoms with Gasteiger partial charge in [0.15, 0.2) is 0 Å². The molecule has 2 nitrogen and oxygen atoms in total. The Morgan fingerprint density at radius 1 is 0.556 bits per heavy atom. The van der Waals surface area contributed by atoms with Crippen molar-refractivity contribution in [1.29, 1.82) is 0 Å². The zero-order chi connectivity index (χ0) is 38.5. The van der Waals surface area contributed by atoms with Crippen molar-refractivity contribution in [3.05, 3.63) is 155 Å². The molecule has 0 aliphatic rings. The van der Waals surface area contributed by atoms with Gasteiger partial charge in [-0.3, -0.25) is 0 Å². The van der Waals surface area contributed by atoms with E-state index in [0.717, 1.165) is 47.0 Å². The van der Waals surface area contributed by atoms with Gasteiger partial charge in [0.1, 0.15) is 0 Å². The van der Waals surface area contributed by atoms with Gasteiger partial charge in [-0.05, 0) is 98.2 Å². The first-order chi connectivity index (χ1) is 26.0. The fourth-order valence-corrected chi connectivity index (χ4v) is 7.11. The summed E-state index contributed by atoms with van der Waals surface area (Å²) in [6, 6.07) is 43.4. The molecule has 276 valence electrons. The van der Waals surface area contributed by atoms with Crippen LogP contribution >= 0.6 is 17.0 Å². The van der Waals surface area contributed by atoms with Crippen molar-refractivity contribution in [3.8, 4) is 44.9 Å². The molecular formula is C48H48Cl2O2SiZr-2. The molecule has 0 radical (unpaired) electrons. The Morgan fingerprint density at radius 2 is 0.944 bits per heavy atom. The van der Waals surface area contributed by atoms with Gasteiger partial charge in [-0.1, -0.05) is 96.8 Å². The van der Waals surface area contributed by atoms with Gasteiger partial charge in [0.2, 0.25) is 0 Å². The van der Waals surface area contributed by atoms with E-state index in [0.29, 0.717) is 0 Å². The van der Waals surface area contributed by atoms with Gasteiger partial charge in [-0.15, -0.1) is 57.9 Å². The molecule has 0 aliphatic carbocycles. The van der Waals surface area contributed by atoms with Crippen LogP contribution in [0.25, 0.3) is 66.4 Å². The topological polar surface area (TPSA) is 26.3 Å². The molecule has 0 spiro atoms. The molecule has 2 heterocycles. The second kappa shape index (κ2) is 17.9. The second-order valence-corrected chi connectivity index (χ2v) is 37.1. The van der Waals surface area contributed by atoms with E-state index in [4.69, 9.17) is 25.9 Å². The Bertz CT molecular complexity index is 2390. The van der Waals surface area contributed by atoms with E-state index in [1.165, 1.54) is 66.1 Å². The molecule has 0 unspecified atom stereocenters. The molecule has 8 aromatic rings. The predicted molar refractivity (Wildman–Crippen MR) is 232 cm³/mol. The molecule has 6 aromatic carbocycles. The van der Waals surface area contributed by atoms with Gasteiger partial charge in [-0.2, -0.15) is 0 Å². The number of fused-ring (bicyclic) bond motifs is 2. The standard InChI is InChI=1S/2C23H21O.C2H6Si.2ClH.Zr/c2*1-4-17-7-5-6-8-20(17)23-15(2)9-11-18-13-19(14-21(18)23)22-12-10-16(3)24-22;1-3-2;;;/h2*5-14H,4H2,1-3H3;1-2H3;2*1H;/q2*-1;;;;+2/p-2. The molecule has 0 fully saturated rings. The van der Waals surface area contributed by atoms with Gasteiger partial charge in [0.05, 0.1) is 23.0 Å². The molecule has 0 saturated carbocycles. The normalized spacial score (nSPS) is 10.9. The van der Waals surface area contributed by atoms with Crippen molar-refractivity contribution in [2.75, 3.05) is 0 Å². The van der Waals surface area contributed by atoms with Crippen molar-refractivity contribution < 1.29 is 26.8 Å². The summed E-state index contributed by atoms with van der Waals surface area (Å²) in [6.45, 7) is 17.1. The molecule has 6 heteroatoms. The van der Waals surface area contributed by atoms with Crippen LogP contribution in [0.15, 0.2) is 130 Å². The SMILES string of the molecule is CCc1ccccc1-c1c(C)ccc2[cH-]c(-c3ccc(C)o3)cc12.CCc1ccccc1-c1c(C)ccc2[cH-]c(-c3ccc(C)o3)cc12.C[Si](C)=[Zr]([Cl])[Cl]. The zero-order valence-electron chi connectivity index (χ0n) is 32.5. The van der Waals surface area contributed by atoms with Crippen LogP contribution in [-0.2, 0) is 30.8 Å². The molecule has 8 rings (SSSR count). The Morgan fingerprint density at radius 3 is 1.28 bits per heavy atom. The van der Waals surface area contributed by atoms with Gasteiger partial charge in [-0.25, -0.2) is 0 Å². The van der Waals surface area contributed by atoms with Gasteiger partial charge < -0.3 is 8.83 Å². The number of furan rings is 2. The van der Waals surface area contributed by atoms with Crippen molar-refractivity contribution >= 4 is 44.0 Å². The third kappa shape index (κ3) is 8.90. The molecule has 0 amide bonds. The van der Waals surface area contributed by atoms with Crippen LogP contribution in [-0.4, -0.2) is 5.43 Å². The summed E-state index contributed by atoms with van der Waals surface area (Å²) in [5.41, 5.74) is 12.9. The third-order valence-corrected chi connectivity index (χ3v) is 29.7. The van der Waals surface area contributed by atoms with E-state index in [-0.39, 0.29) is 5.43 Å². The van der Waals surface area contributed by atoms with E-state index < -0.39 is 18.0 Å². The van der Waals surface area contributed by atoms with E-state index in [1.807, 2.05) is 26.0 Å². The fourth-order valence-electron chi connectivity index (χ4n) is 7.11. The molecule has 0 saturated heterocycles. The van der Waals surface area contributed by atoms with Crippen LogP contribution in [0.1, 0.15) is 47.6 Å². The van der Waals surface area contributed by atoms with Gasteiger partial charge >= 0.3 is 53.5 Å². The molecule has 0 bridgehead atoms. The first kappa shape index (κ1) is 40.0. The Labute approximate surface area is 335 Å². The maximum atomic E-state index is 5.82. The van der Waals surface area contributed by atoms with E-state index in [9.17, 15) is 0 Å². The summed E-state index contributed by atoms with van der Waals surface area (Å²) in [5.74, 6) is 3.78. The van der Waals surface area contributed by atoms with Crippen molar-refractivity contribution in [3.63, 3.8) is 0 Å². The molecule has 0 atom stereocenters. The quantitative estimate of drug-likeness (QED) is 0.123. The van der Waals surface area contributed by atoms with E-state index in [1.54, 1.807) is 0 Å². The minimum atomic E-state index is -1.65. The second-order valence-electron chi connectivity index (χ2n) is 14.1. The number of hydrogen-bond acceptors (Lipinski definition) is 2. The van der Waals surface area contributed by atoms with Crippen LogP contribution in [0.2, 0.25) is 13.1 Å². The van der Waals surface area contributed by atoms with Crippen molar-refractivity contribution in [1.82, 2.24) is 0 Å². The van der Waals surface area contributed by atoms with Crippen LogP contribution in [0.5, 0.6) is 0 Å². The summed E-state index contributed by atoms with van der Waals surface area (Å²) >= 11 is -1.65. The third-order valence-electron chi connectivity index (χ3n) is 9.96. The monoisotopic (exact) mass is 844 g/mol. The Balaban J connectivity index is 0.000000160. The average molecular weight is 847 g/mol. The molecular weight excluding hydrogens is 799 g/mol. The minimum absolute atomic E-state index is 0.224. The van der Waals surface area contributed by atoms with Crippen molar-refractivity contribution in [2.24, 2.45) is 0 Å². The molecule has 2 aromatic heterocycles. The number of benzene rings is 4. The van der Waals surface area contributed by atoms with Crippen LogP contribution in [0.4, 0.5) is 0 Å². The number of aryl methyl sites for hydroxylation is 6. The van der Waals surface area contributed by atoms with Gasteiger partial charge in [0, 0.05) is 0 Å². The number of halogens is 2. The summed E-state index contributed by atoms with van der Waals surface area (Å²) in [4.78, 5) is 0. The van der Waals surface area contributed by atoms with Crippen LogP contribution < -0.4 is 0 Å². The Hall–Kier alpha value is -3.66. The zero-order valence-corrected chi connectivity index (χ0v) is 37.5. The number of rotatable bonds is 6. The van der Waals surface area contributed by atoms with Crippen LogP contribution in [0, 0.1) is 27.7 Å². The fraction of sp³-hybridized carbons (Fsp3) is 0.208. The predicted octanol–water partition coefficient (Wildman–Crippen LogP) is 15.5. The summed E-state index contributed by atoms with van der Waals surface area (Å²) < 4.78 is 11.6. The molecule has 54 heavy (non-hydrogen) atoms. The maximum absolute atomic E-state index is 5.82. The van der Waals surface area contributed by atoms with E-state index in [2.05, 4.69) is 150 Å². The molecule has 0 aliphatic heterocycles. The summed E-state index contributed by atoms with van der Waals surface area (Å²) in [5, 5.41) is 5.15. The first-order valence-corrected chi connectivity index (χ1v) is 31.2. The summed E-state index contributed by atoms with van der Waals surface area (Å²) in [6.07, 6.45) is 2.08. The number of hydrogen-bond donors (Lipinski definition) is 0. The van der Waals surface area contributed by atoms with Crippen LogP contribution in [0.3, 0.4) is 0 Å². The van der Waals surface area contributed by atoms with E-state index >= 15 is 0 Å². The summed E-state index contributed by atoms with van der Waals surface area (Å²) in [7, 11) is 11.2. The van der Waals surface area contributed by atoms with Gasteiger partial charge in [0.25, 0.3) is 0 Å². The van der Waals surface area contributed by atoms with Crippen molar-refractivity contribution in [2.45, 2.75) is 67.5 Å².